The van der Waals surface area contributed by atoms with Crippen molar-refractivity contribution < 1.29 is 4.39 Å². The van der Waals surface area contributed by atoms with E-state index in [0.717, 1.165) is 5.56 Å². The van der Waals surface area contributed by atoms with Crippen LogP contribution >= 0.6 is 11.6 Å². The summed E-state index contributed by atoms with van der Waals surface area (Å²) in [7, 11) is 0. The lowest BCUT2D eigenvalue weighted by Crippen LogP contribution is -2.09. The zero-order valence-electron chi connectivity index (χ0n) is 10.8. The lowest BCUT2D eigenvalue weighted by molar-refractivity contribution is 0.628. The summed E-state index contributed by atoms with van der Waals surface area (Å²) in [5.41, 5.74) is 1.14. The quantitative estimate of drug-likeness (QED) is 0.780. The largest absolute Gasteiger partial charge is 0.306 e. The first-order valence-corrected chi connectivity index (χ1v) is 6.63. The molecule has 0 saturated carbocycles. The molecule has 1 aromatic heterocycles. The summed E-state index contributed by atoms with van der Waals surface area (Å²) in [6.07, 6.45) is 3.42. The SMILES string of the molecule is O=c1[nH]c(/C=C/c2ccc(F)cc2)nc2ccc(Cl)cc12. The third-order valence-corrected chi connectivity index (χ3v) is 3.22. The highest BCUT2D eigenvalue weighted by Gasteiger charge is 2.02. The van der Waals surface area contributed by atoms with Gasteiger partial charge in [0.15, 0.2) is 0 Å². The Morgan fingerprint density at radius 2 is 1.86 bits per heavy atom. The van der Waals surface area contributed by atoms with Gasteiger partial charge in [-0.1, -0.05) is 29.8 Å². The average Bonchev–Trinajstić information content (AvgIpc) is 2.47. The van der Waals surface area contributed by atoms with Crippen molar-refractivity contribution in [2.45, 2.75) is 0 Å². The maximum atomic E-state index is 12.8. The number of hydrogen-bond donors (Lipinski definition) is 1. The van der Waals surface area contributed by atoms with E-state index in [0.29, 0.717) is 21.7 Å². The van der Waals surface area contributed by atoms with Gasteiger partial charge in [0.05, 0.1) is 10.9 Å². The molecule has 0 aliphatic heterocycles. The monoisotopic (exact) mass is 300 g/mol. The molecule has 0 saturated heterocycles. The van der Waals surface area contributed by atoms with E-state index in [1.165, 1.54) is 12.1 Å². The molecule has 0 aliphatic carbocycles. The van der Waals surface area contributed by atoms with E-state index in [1.54, 1.807) is 42.5 Å². The number of nitrogens with one attached hydrogen (secondary N) is 1. The first kappa shape index (κ1) is 13.5. The normalized spacial score (nSPS) is 11.3. The van der Waals surface area contributed by atoms with Gasteiger partial charge in [-0.2, -0.15) is 0 Å². The van der Waals surface area contributed by atoms with Crippen molar-refractivity contribution in [1.82, 2.24) is 9.97 Å². The van der Waals surface area contributed by atoms with Crippen LogP contribution in [-0.4, -0.2) is 9.97 Å². The van der Waals surface area contributed by atoms with Gasteiger partial charge in [-0.25, -0.2) is 9.37 Å². The molecule has 1 heterocycles. The fourth-order valence-electron chi connectivity index (χ4n) is 1.96. The maximum Gasteiger partial charge on any atom is 0.259 e. The summed E-state index contributed by atoms with van der Waals surface area (Å²) in [6.45, 7) is 0. The van der Waals surface area contributed by atoms with Crippen molar-refractivity contribution in [3.63, 3.8) is 0 Å². The first-order valence-electron chi connectivity index (χ1n) is 6.25. The zero-order valence-corrected chi connectivity index (χ0v) is 11.6. The van der Waals surface area contributed by atoms with Gasteiger partial charge in [0.2, 0.25) is 0 Å². The summed E-state index contributed by atoms with van der Waals surface area (Å²) in [5.74, 6) is 0.139. The van der Waals surface area contributed by atoms with Gasteiger partial charge in [0, 0.05) is 5.02 Å². The van der Waals surface area contributed by atoms with Gasteiger partial charge in [-0.3, -0.25) is 4.79 Å². The summed E-state index contributed by atoms with van der Waals surface area (Å²) in [6, 6.07) is 11.0. The molecule has 1 N–H and O–H groups in total. The molecule has 0 bridgehead atoms. The predicted molar refractivity (Wildman–Crippen MR) is 82.7 cm³/mol. The van der Waals surface area contributed by atoms with Crippen LogP contribution in [0.5, 0.6) is 0 Å². The van der Waals surface area contributed by atoms with Crippen molar-refractivity contribution in [3.8, 4) is 0 Å². The molecule has 0 fully saturated rings. The minimum Gasteiger partial charge on any atom is -0.306 e. The van der Waals surface area contributed by atoms with Crippen molar-refractivity contribution in [3.05, 3.63) is 75.0 Å². The van der Waals surface area contributed by atoms with Gasteiger partial charge < -0.3 is 4.98 Å². The predicted octanol–water partition coefficient (Wildman–Crippen LogP) is 3.89. The molecule has 0 spiro atoms. The molecular formula is C16H10ClFN2O. The molecule has 0 aliphatic rings. The van der Waals surface area contributed by atoms with Crippen molar-refractivity contribution >= 4 is 34.7 Å². The van der Waals surface area contributed by atoms with E-state index >= 15 is 0 Å². The van der Waals surface area contributed by atoms with Crippen LogP contribution in [0.2, 0.25) is 5.02 Å². The van der Waals surface area contributed by atoms with Crippen LogP contribution in [0, 0.1) is 5.82 Å². The maximum absolute atomic E-state index is 12.8. The van der Waals surface area contributed by atoms with Gasteiger partial charge in [-0.15, -0.1) is 0 Å². The van der Waals surface area contributed by atoms with Gasteiger partial charge >= 0.3 is 0 Å². The average molecular weight is 301 g/mol. The fourth-order valence-corrected chi connectivity index (χ4v) is 2.13. The van der Waals surface area contributed by atoms with Crippen molar-refractivity contribution in [1.29, 1.82) is 0 Å². The highest BCUT2D eigenvalue weighted by atomic mass is 35.5. The number of aromatic amines is 1. The molecule has 2 aromatic carbocycles. The summed E-state index contributed by atoms with van der Waals surface area (Å²) < 4.78 is 12.8. The molecule has 3 rings (SSSR count). The molecule has 104 valence electrons. The lowest BCUT2D eigenvalue weighted by Gasteiger charge is -1.99. The molecule has 0 atom stereocenters. The highest BCUT2D eigenvalue weighted by Crippen LogP contribution is 2.15. The highest BCUT2D eigenvalue weighted by molar-refractivity contribution is 6.31. The van der Waals surface area contributed by atoms with E-state index in [9.17, 15) is 9.18 Å². The van der Waals surface area contributed by atoms with Gasteiger partial charge in [-0.05, 0) is 42.0 Å². The number of rotatable bonds is 2. The first-order chi connectivity index (χ1) is 10.1. The number of benzene rings is 2. The molecule has 0 amide bonds. The summed E-state index contributed by atoms with van der Waals surface area (Å²) in [5, 5.41) is 0.936. The van der Waals surface area contributed by atoms with E-state index in [2.05, 4.69) is 9.97 Å². The van der Waals surface area contributed by atoms with Crippen LogP contribution in [0.15, 0.2) is 47.3 Å². The second-order valence-corrected chi connectivity index (χ2v) is 4.93. The summed E-state index contributed by atoms with van der Waals surface area (Å²) in [4.78, 5) is 19.0. The van der Waals surface area contributed by atoms with Crippen LogP contribution in [0.4, 0.5) is 4.39 Å². The lowest BCUT2D eigenvalue weighted by atomic mass is 10.2. The van der Waals surface area contributed by atoms with Crippen LogP contribution in [0.25, 0.3) is 23.1 Å². The molecular weight excluding hydrogens is 291 g/mol. The Bertz CT molecular complexity index is 885. The van der Waals surface area contributed by atoms with E-state index < -0.39 is 0 Å². The topological polar surface area (TPSA) is 45.8 Å². The van der Waals surface area contributed by atoms with E-state index in [1.807, 2.05) is 0 Å². The van der Waals surface area contributed by atoms with Crippen LogP contribution in [0.3, 0.4) is 0 Å². The fraction of sp³-hybridized carbons (Fsp3) is 0. The molecule has 5 heteroatoms. The molecule has 3 nitrogen and oxygen atoms in total. The third kappa shape index (κ3) is 3.01. The summed E-state index contributed by atoms with van der Waals surface area (Å²) >= 11 is 5.86. The van der Waals surface area contributed by atoms with Crippen LogP contribution < -0.4 is 5.56 Å². The zero-order chi connectivity index (χ0) is 14.8. The number of H-pyrrole nitrogens is 1. The van der Waals surface area contributed by atoms with Crippen LogP contribution in [0.1, 0.15) is 11.4 Å². The third-order valence-electron chi connectivity index (χ3n) is 2.99. The Morgan fingerprint density at radius 1 is 1.10 bits per heavy atom. The Labute approximate surface area is 124 Å². The Morgan fingerprint density at radius 3 is 2.62 bits per heavy atom. The Balaban J connectivity index is 1.99. The molecule has 0 radical (unpaired) electrons. The smallest absolute Gasteiger partial charge is 0.259 e. The standard InChI is InChI=1S/C16H10ClFN2O/c17-11-4-7-14-13(9-11)16(21)20-15(19-14)8-3-10-1-5-12(18)6-2-10/h1-9H,(H,19,20,21)/b8-3+. The van der Waals surface area contributed by atoms with Gasteiger partial charge in [0.1, 0.15) is 11.6 Å². The second-order valence-electron chi connectivity index (χ2n) is 4.50. The van der Waals surface area contributed by atoms with Crippen LogP contribution in [-0.2, 0) is 0 Å². The number of nitrogens with zero attached hydrogens (tertiary/aromatic N) is 1. The van der Waals surface area contributed by atoms with Crippen molar-refractivity contribution in [2.75, 3.05) is 0 Å². The van der Waals surface area contributed by atoms with E-state index in [-0.39, 0.29) is 11.4 Å². The van der Waals surface area contributed by atoms with E-state index in [4.69, 9.17) is 11.6 Å². The molecule has 0 unspecified atom stereocenters. The number of fused-ring (bicyclic) bond motifs is 1. The van der Waals surface area contributed by atoms with Gasteiger partial charge in [0.25, 0.3) is 5.56 Å². The minimum atomic E-state index is -0.290. The number of hydrogen-bond acceptors (Lipinski definition) is 2. The Hall–Kier alpha value is -2.46. The molecule has 3 aromatic rings. The number of aromatic nitrogens is 2. The number of halogens is 2. The minimum absolute atomic E-state index is 0.249. The Kier molecular flexibility index (Phi) is 3.54. The van der Waals surface area contributed by atoms with Crippen molar-refractivity contribution in [2.24, 2.45) is 0 Å². The molecule has 21 heavy (non-hydrogen) atoms. The second kappa shape index (κ2) is 5.50.